The first-order valence-corrected chi connectivity index (χ1v) is 8.66. The fourth-order valence-corrected chi connectivity index (χ4v) is 2.76. The predicted octanol–water partition coefficient (Wildman–Crippen LogP) is 3.95. The van der Waals surface area contributed by atoms with E-state index >= 15 is 0 Å². The molecule has 1 aromatic heterocycles. The second-order valence-electron chi connectivity index (χ2n) is 5.80. The highest BCUT2D eigenvalue weighted by Gasteiger charge is 2.20. The molecule has 0 fully saturated rings. The first-order chi connectivity index (χ1) is 13.2. The monoisotopic (exact) mass is 369 g/mol. The van der Waals surface area contributed by atoms with E-state index in [0.717, 1.165) is 23.3 Å². The van der Waals surface area contributed by atoms with Crippen LogP contribution in [0.5, 0.6) is 23.0 Å². The Morgan fingerprint density at radius 2 is 1.44 bits per heavy atom. The summed E-state index contributed by atoms with van der Waals surface area (Å²) in [7, 11) is 4.78. The molecule has 0 unspecified atom stereocenters. The number of hydrogen-bond acceptors (Lipinski definition) is 6. The first kappa shape index (κ1) is 18.6. The molecule has 0 atom stereocenters. The van der Waals surface area contributed by atoms with E-state index < -0.39 is 0 Å². The van der Waals surface area contributed by atoms with E-state index in [-0.39, 0.29) is 0 Å². The molecule has 3 aromatic rings. The number of ether oxygens (including phenoxy) is 4. The molecule has 0 saturated carbocycles. The average Bonchev–Trinajstić information content (AvgIpc) is 3.21. The smallest absolute Gasteiger partial charge is 0.164 e. The fraction of sp³-hybridized carbons (Fsp3) is 0.300. The lowest BCUT2D eigenvalue weighted by Gasteiger charge is -2.13. The van der Waals surface area contributed by atoms with Crippen molar-refractivity contribution in [1.29, 1.82) is 0 Å². The van der Waals surface area contributed by atoms with Crippen LogP contribution in [-0.4, -0.2) is 43.3 Å². The van der Waals surface area contributed by atoms with Gasteiger partial charge in [0.05, 0.1) is 33.5 Å². The van der Waals surface area contributed by atoms with Crippen LogP contribution in [0.2, 0.25) is 0 Å². The SMILES string of the molecule is CCCOc1ccc(-c2n[nH]nc2-c2cc(OC)c(OC)cc2OC)cc1. The second kappa shape index (κ2) is 8.44. The van der Waals surface area contributed by atoms with Gasteiger partial charge in [-0.25, -0.2) is 0 Å². The van der Waals surface area contributed by atoms with Crippen LogP contribution in [0.15, 0.2) is 36.4 Å². The van der Waals surface area contributed by atoms with Gasteiger partial charge in [-0.05, 0) is 36.8 Å². The molecule has 0 bridgehead atoms. The van der Waals surface area contributed by atoms with Gasteiger partial charge in [-0.2, -0.15) is 15.4 Å². The number of aromatic nitrogens is 3. The van der Waals surface area contributed by atoms with E-state index in [9.17, 15) is 0 Å². The van der Waals surface area contributed by atoms with E-state index in [4.69, 9.17) is 18.9 Å². The Morgan fingerprint density at radius 3 is 2.07 bits per heavy atom. The van der Waals surface area contributed by atoms with Crippen molar-refractivity contribution < 1.29 is 18.9 Å². The number of rotatable bonds is 8. The van der Waals surface area contributed by atoms with Crippen LogP contribution in [0, 0.1) is 0 Å². The highest BCUT2D eigenvalue weighted by atomic mass is 16.5. The third kappa shape index (κ3) is 3.81. The lowest BCUT2D eigenvalue weighted by atomic mass is 10.0. The predicted molar refractivity (Wildman–Crippen MR) is 103 cm³/mol. The summed E-state index contributed by atoms with van der Waals surface area (Å²) in [6.45, 7) is 2.77. The first-order valence-electron chi connectivity index (χ1n) is 8.66. The topological polar surface area (TPSA) is 78.5 Å². The summed E-state index contributed by atoms with van der Waals surface area (Å²) < 4.78 is 21.9. The Hall–Kier alpha value is -3.22. The van der Waals surface area contributed by atoms with Crippen LogP contribution < -0.4 is 18.9 Å². The van der Waals surface area contributed by atoms with Crippen molar-refractivity contribution in [2.45, 2.75) is 13.3 Å². The van der Waals surface area contributed by atoms with Gasteiger partial charge in [0.1, 0.15) is 22.9 Å². The van der Waals surface area contributed by atoms with E-state index in [1.807, 2.05) is 30.3 Å². The number of nitrogens with zero attached hydrogens (tertiary/aromatic N) is 2. The largest absolute Gasteiger partial charge is 0.496 e. The lowest BCUT2D eigenvalue weighted by molar-refractivity contribution is 0.317. The Bertz CT molecular complexity index is 891. The number of H-pyrrole nitrogens is 1. The molecule has 0 aliphatic rings. The number of nitrogens with one attached hydrogen (secondary N) is 1. The zero-order valence-electron chi connectivity index (χ0n) is 15.9. The fourth-order valence-electron chi connectivity index (χ4n) is 2.76. The van der Waals surface area contributed by atoms with Gasteiger partial charge in [-0.3, -0.25) is 0 Å². The van der Waals surface area contributed by atoms with Gasteiger partial charge in [0, 0.05) is 11.6 Å². The van der Waals surface area contributed by atoms with Crippen molar-refractivity contribution in [3.8, 4) is 45.5 Å². The lowest BCUT2D eigenvalue weighted by Crippen LogP contribution is -1.96. The standard InChI is InChI=1S/C20H23N3O4/c1-5-10-27-14-8-6-13(7-9-14)19-20(22-23-21-19)15-11-17(25-3)18(26-4)12-16(15)24-2/h6-9,11-12H,5,10H2,1-4H3,(H,21,22,23). The van der Waals surface area contributed by atoms with Gasteiger partial charge < -0.3 is 18.9 Å². The molecular weight excluding hydrogens is 346 g/mol. The van der Waals surface area contributed by atoms with Crippen molar-refractivity contribution >= 4 is 0 Å². The van der Waals surface area contributed by atoms with Crippen molar-refractivity contribution in [3.63, 3.8) is 0 Å². The van der Waals surface area contributed by atoms with Crippen molar-refractivity contribution in [2.24, 2.45) is 0 Å². The molecule has 7 nitrogen and oxygen atoms in total. The number of hydrogen-bond donors (Lipinski definition) is 1. The highest BCUT2D eigenvalue weighted by Crippen LogP contribution is 2.41. The van der Waals surface area contributed by atoms with Crippen molar-refractivity contribution in [3.05, 3.63) is 36.4 Å². The molecule has 1 N–H and O–H groups in total. The Balaban J connectivity index is 2.02. The zero-order valence-corrected chi connectivity index (χ0v) is 15.9. The van der Waals surface area contributed by atoms with E-state index in [2.05, 4.69) is 22.3 Å². The summed E-state index contributed by atoms with van der Waals surface area (Å²) in [5.41, 5.74) is 3.04. The summed E-state index contributed by atoms with van der Waals surface area (Å²) in [5.74, 6) is 2.62. The summed E-state index contributed by atoms with van der Waals surface area (Å²) in [4.78, 5) is 0. The van der Waals surface area contributed by atoms with Crippen LogP contribution in [0.1, 0.15) is 13.3 Å². The van der Waals surface area contributed by atoms with Crippen molar-refractivity contribution in [2.75, 3.05) is 27.9 Å². The number of benzene rings is 2. The molecule has 7 heteroatoms. The van der Waals surface area contributed by atoms with Crippen LogP contribution in [0.25, 0.3) is 22.5 Å². The quantitative estimate of drug-likeness (QED) is 0.648. The van der Waals surface area contributed by atoms with Gasteiger partial charge in [0.25, 0.3) is 0 Å². The normalized spacial score (nSPS) is 10.5. The maximum Gasteiger partial charge on any atom is 0.164 e. The minimum atomic E-state index is 0.584. The second-order valence-corrected chi connectivity index (χ2v) is 5.80. The minimum absolute atomic E-state index is 0.584. The van der Waals surface area contributed by atoms with E-state index in [1.54, 1.807) is 27.4 Å². The third-order valence-corrected chi connectivity index (χ3v) is 4.11. The molecule has 0 aliphatic heterocycles. The molecule has 0 radical (unpaired) electrons. The molecule has 0 saturated heterocycles. The maximum atomic E-state index is 5.64. The van der Waals surface area contributed by atoms with Crippen LogP contribution in [0.4, 0.5) is 0 Å². The maximum absolute atomic E-state index is 5.64. The zero-order chi connectivity index (χ0) is 19.2. The molecule has 2 aromatic carbocycles. The Labute approximate surface area is 158 Å². The van der Waals surface area contributed by atoms with E-state index in [1.165, 1.54) is 0 Å². The van der Waals surface area contributed by atoms with Gasteiger partial charge in [0.2, 0.25) is 0 Å². The molecule has 0 amide bonds. The van der Waals surface area contributed by atoms with E-state index in [0.29, 0.717) is 35.2 Å². The summed E-state index contributed by atoms with van der Waals surface area (Å²) in [6, 6.07) is 11.4. The molecule has 0 spiro atoms. The molecule has 0 aliphatic carbocycles. The van der Waals surface area contributed by atoms with Gasteiger partial charge in [-0.15, -0.1) is 0 Å². The molecule has 3 rings (SSSR count). The summed E-state index contributed by atoms with van der Waals surface area (Å²) in [6.07, 6.45) is 0.967. The number of methoxy groups -OCH3 is 3. The Kier molecular flexibility index (Phi) is 5.80. The third-order valence-electron chi connectivity index (χ3n) is 4.11. The van der Waals surface area contributed by atoms with Gasteiger partial charge >= 0.3 is 0 Å². The van der Waals surface area contributed by atoms with Crippen LogP contribution >= 0.6 is 0 Å². The van der Waals surface area contributed by atoms with Gasteiger partial charge in [-0.1, -0.05) is 6.92 Å². The van der Waals surface area contributed by atoms with Crippen LogP contribution in [0.3, 0.4) is 0 Å². The van der Waals surface area contributed by atoms with Gasteiger partial charge in [0.15, 0.2) is 11.5 Å². The Morgan fingerprint density at radius 1 is 0.815 bits per heavy atom. The molecule has 142 valence electrons. The minimum Gasteiger partial charge on any atom is -0.496 e. The molecular formula is C20H23N3O4. The van der Waals surface area contributed by atoms with Crippen LogP contribution in [-0.2, 0) is 0 Å². The highest BCUT2D eigenvalue weighted by molar-refractivity contribution is 5.82. The molecule has 27 heavy (non-hydrogen) atoms. The average molecular weight is 369 g/mol. The van der Waals surface area contributed by atoms with Crippen molar-refractivity contribution in [1.82, 2.24) is 15.4 Å². The number of aromatic amines is 1. The molecule has 1 heterocycles. The summed E-state index contributed by atoms with van der Waals surface area (Å²) >= 11 is 0. The summed E-state index contributed by atoms with van der Waals surface area (Å²) in [5, 5.41) is 11.4.